The third-order valence-electron chi connectivity index (χ3n) is 23.9. The Bertz CT molecular complexity index is 8440. The molecule has 5 heterocycles. The summed E-state index contributed by atoms with van der Waals surface area (Å²) in [5.41, 5.74) is 12.0. The van der Waals surface area contributed by atoms with E-state index in [2.05, 4.69) is 350 Å². The Morgan fingerprint density at radius 3 is 1.09 bits per heavy atom. The van der Waals surface area contributed by atoms with E-state index in [4.69, 9.17) is 19.4 Å². The molecule has 0 aliphatic rings. The lowest BCUT2D eigenvalue weighted by atomic mass is 9.90. The quantitative estimate of drug-likeness (QED) is 0.177. The summed E-state index contributed by atoms with van der Waals surface area (Å²) in [5, 5.41) is 38.1. The highest BCUT2D eigenvalue weighted by molar-refractivity contribution is 6.35. The van der Waals surface area contributed by atoms with Crippen LogP contribution in [0.1, 0.15) is 0 Å². The minimum atomic E-state index is 0.843. The molecule has 5 aromatic heterocycles. The van der Waals surface area contributed by atoms with Gasteiger partial charge in [-0.1, -0.05) is 261 Å². The van der Waals surface area contributed by atoms with Gasteiger partial charge in [0, 0.05) is 78.5 Å². The van der Waals surface area contributed by atoms with Crippen LogP contribution in [0.4, 0.5) is 0 Å². The molecule has 0 saturated carbocycles. The van der Waals surface area contributed by atoms with E-state index in [0.29, 0.717) is 0 Å². The van der Waals surface area contributed by atoms with Crippen LogP contribution in [0.3, 0.4) is 0 Å². The van der Waals surface area contributed by atoms with Crippen molar-refractivity contribution in [2.45, 2.75) is 0 Å². The van der Waals surface area contributed by atoms with Crippen molar-refractivity contribution in [3.05, 3.63) is 364 Å². The first-order valence-electron chi connectivity index (χ1n) is 37.8. The van der Waals surface area contributed by atoms with Gasteiger partial charge >= 0.3 is 0 Å². The number of nitrogens with zero attached hydrogens (tertiary/aromatic N) is 4. The molecule has 0 atom stereocenters. The molecule has 0 radical (unpaired) electrons. The molecule has 0 spiro atoms. The zero-order chi connectivity index (χ0) is 71.8. The van der Waals surface area contributed by atoms with Gasteiger partial charge < -0.3 is 8.98 Å². The van der Waals surface area contributed by atoms with Gasteiger partial charge in [-0.25, -0.2) is 0 Å². The number of para-hydroxylation sites is 3. The summed E-state index contributed by atoms with van der Waals surface area (Å²) in [5.74, 6) is 0. The molecule has 0 aliphatic carbocycles. The Morgan fingerprint density at radius 1 is 0.191 bits per heavy atom. The summed E-state index contributed by atoms with van der Waals surface area (Å²) in [6.45, 7) is 0. The van der Waals surface area contributed by atoms with Crippen LogP contribution in [-0.4, -0.2) is 19.5 Å². The zero-order valence-electron chi connectivity index (χ0n) is 59.3. The normalized spacial score (nSPS) is 12.2. The lowest BCUT2D eigenvalue weighted by Gasteiger charge is -2.15. The van der Waals surface area contributed by atoms with E-state index in [-0.39, 0.29) is 0 Å². The van der Waals surface area contributed by atoms with Crippen LogP contribution >= 0.6 is 0 Å². The maximum Gasteiger partial charge on any atom is 0.143 e. The van der Waals surface area contributed by atoms with Crippen LogP contribution < -0.4 is 0 Å². The fourth-order valence-corrected chi connectivity index (χ4v) is 19.0. The Balaban J connectivity index is 0.709. The van der Waals surface area contributed by atoms with Gasteiger partial charge in [-0.2, -0.15) is 0 Å². The van der Waals surface area contributed by atoms with E-state index in [1.807, 2.05) is 18.5 Å². The lowest BCUT2D eigenvalue weighted by molar-refractivity contribution is 0.670. The molecule has 0 aliphatic heterocycles. The molecule has 0 amide bonds. The fourth-order valence-electron chi connectivity index (χ4n) is 19.0. The van der Waals surface area contributed by atoms with Crippen LogP contribution in [0.25, 0.3) is 244 Å². The number of hydrogen-bond acceptors (Lipinski definition) is 4. The largest absolute Gasteiger partial charge is 0.455 e. The molecule has 0 N–H and O–H groups in total. The van der Waals surface area contributed by atoms with Gasteiger partial charge in [0.25, 0.3) is 0 Å². The highest BCUT2D eigenvalue weighted by atomic mass is 16.3. The topological polar surface area (TPSA) is 56.7 Å². The maximum atomic E-state index is 6.68. The first-order chi connectivity index (χ1) is 54.6. The number of hydrogen-bond donors (Lipinski definition) is 0. The molecule has 24 rings (SSSR count). The molecule has 110 heavy (non-hydrogen) atoms. The predicted octanol–water partition coefficient (Wildman–Crippen LogP) is 28.9. The molecule has 19 aromatic carbocycles. The Morgan fingerprint density at radius 2 is 0.536 bits per heavy atom. The summed E-state index contributed by atoms with van der Waals surface area (Å²) in [6.07, 6.45) is 5.93. The molecule has 0 unspecified atom stereocenters. The third kappa shape index (κ3) is 8.83. The second kappa shape index (κ2) is 23.4. The minimum Gasteiger partial charge on any atom is -0.455 e. The van der Waals surface area contributed by atoms with Crippen LogP contribution in [0.5, 0.6) is 0 Å². The number of furan rings is 1. The summed E-state index contributed by atoms with van der Waals surface area (Å²) >= 11 is 0. The standard InChI is InChI=1S/C105H60N4O/c1-2-23-67-66(22-1)68-24-3-7-28-72(68)90-57-94-75-31-10-6-27-71(75)81-48-46-64(55-88(81)84-40-20-50-106-102(84)98(94)59-93(90)73-29-8-4-25-69(67)73)109-99-42-17-15-36-82(99)96-52-61(45-49-100(96)109)63-54-97-79-35-14-13-34-78(79)92-56-89-77-33-12-11-32-76(77)87-53-62(65-38-19-39-86-83-37-16-18-43-101(83)110-105(65)86)44-47-80(87)70-26-5-9-30-74(70)91(89)58-95(92)85-41-21-51-107-103(85)104(97)108-60-63/h1-60H. The van der Waals surface area contributed by atoms with Crippen molar-refractivity contribution in [2.24, 2.45) is 0 Å². The number of fused-ring (bicyclic) bond motifs is 38. The highest BCUT2D eigenvalue weighted by Crippen LogP contribution is 2.47. The molecule has 0 bridgehead atoms. The molecule has 0 fully saturated rings. The number of aromatic nitrogens is 4. The van der Waals surface area contributed by atoms with Gasteiger partial charge in [0.15, 0.2) is 0 Å². The van der Waals surface area contributed by atoms with Crippen LogP contribution in [0.15, 0.2) is 369 Å². The second-order valence-corrected chi connectivity index (χ2v) is 29.5. The number of pyridine rings is 3. The monoisotopic (exact) mass is 1390 g/mol. The number of rotatable bonds is 3. The summed E-state index contributed by atoms with van der Waals surface area (Å²) in [6, 6.07) is 128. The number of benzene rings is 15. The molecular weight excluding hydrogens is 1330 g/mol. The average Bonchev–Trinajstić information content (AvgIpc) is 0.772. The van der Waals surface area contributed by atoms with E-state index >= 15 is 0 Å². The van der Waals surface area contributed by atoms with Crippen LogP contribution in [0.2, 0.25) is 0 Å². The van der Waals surface area contributed by atoms with E-state index < -0.39 is 0 Å². The van der Waals surface area contributed by atoms with Crippen molar-refractivity contribution in [3.63, 3.8) is 0 Å². The molecular formula is C105H60N4O. The van der Waals surface area contributed by atoms with Crippen LogP contribution in [0, 0.1) is 0 Å². The van der Waals surface area contributed by atoms with Crippen molar-refractivity contribution in [2.75, 3.05) is 0 Å². The molecule has 0 saturated heterocycles. The zero-order valence-corrected chi connectivity index (χ0v) is 59.3. The molecule has 5 heteroatoms. The summed E-state index contributed by atoms with van der Waals surface area (Å²) in [4.78, 5) is 16.3. The molecule has 24 aromatic rings. The molecule has 5 nitrogen and oxygen atoms in total. The van der Waals surface area contributed by atoms with Crippen molar-refractivity contribution in [3.8, 4) is 27.9 Å². The molecule has 506 valence electrons. The van der Waals surface area contributed by atoms with Gasteiger partial charge in [0.05, 0.1) is 27.6 Å². The van der Waals surface area contributed by atoms with Crippen molar-refractivity contribution in [1.29, 1.82) is 0 Å². The van der Waals surface area contributed by atoms with E-state index in [1.165, 1.54) is 91.6 Å². The maximum absolute atomic E-state index is 6.68. The first kappa shape index (κ1) is 60.6. The van der Waals surface area contributed by atoms with Crippen LogP contribution in [-0.2, 0) is 0 Å². The van der Waals surface area contributed by atoms with Gasteiger partial charge in [-0.3, -0.25) is 15.0 Å². The van der Waals surface area contributed by atoms with Gasteiger partial charge in [-0.15, -0.1) is 0 Å². The van der Waals surface area contributed by atoms with Crippen molar-refractivity contribution in [1.82, 2.24) is 19.5 Å². The van der Waals surface area contributed by atoms with Gasteiger partial charge in [0.2, 0.25) is 0 Å². The van der Waals surface area contributed by atoms with E-state index in [9.17, 15) is 0 Å². The first-order valence-corrected chi connectivity index (χ1v) is 37.8. The smallest absolute Gasteiger partial charge is 0.143 e. The SMILES string of the molecule is c1ccc2c(c1)oc1c(-c3ccc4c5ccccc5c5cc6c(cc5c5ccccc5c4c3)c3ccccc3c3cc(-c4ccc5c(c4)c4ccccc4n5-c4ccc5c7ccccc7c7cc8c9ccccc9c9ccccc9c9ccccc9c8cc7c7ncccc7c5c4)cnc3c3ncccc63)cccc12. The fraction of sp³-hybridized carbons (Fsp3) is 0. The predicted molar refractivity (Wildman–Crippen MR) is 468 cm³/mol. The highest BCUT2D eigenvalue weighted by Gasteiger charge is 2.22. The Labute approximate surface area is 628 Å². The summed E-state index contributed by atoms with van der Waals surface area (Å²) in [7, 11) is 0. The van der Waals surface area contributed by atoms with Gasteiger partial charge in [0.1, 0.15) is 11.2 Å². The van der Waals surface area contributed by atoms with Crippen molar-refractivity contribution < 1.29 is 4.42 Å². The Hall–Kier alpha value is -14.7. The van der Waals surface area contributed by atoms with E-state index in [0.717, 1.165) is 153 Å². The second-order valence-electron chi connectivity index (χ2n) is 29.5. The average molecular weight is 1390 g/mol. The summed E-state index contributed by atoms with van der Waals surface area (Å²) < 4.78 is 9.13. The van der Waals surface area contributed by atoms with Crippen molar-refractivity contribution >= 4 is 216 Å². The Kier molecular flexibility index (Phi) is 12.9. The lowest BCUT2D eigenvalue weighted by Crippen LogP contribution is -1.94. The van der Waals surface area contributed by atoms with Gasteiger partial charge in [-0.05, 0) is 231 Å². The minimum absolute atomic E-state index is 0.843. The van der Waals surface area contributed by atoms with E-state index in [1.54, 1.807) is 0 Å². The third-order valence-corrected chi connectivity index (χ3v) is 23.9.